The van der Waals surface area contributed by atoms with Gasteiger partial charge in [0.25, 0.3) is 0 Å². The van der Waals surface area contributed by atoms with Crippen molar-refractivity contribution in [3.05, 3.63) is 23.3 Å². The molecule has 0 aromatic heterocycles. The van der Waals surface area contributed by atoms with Gasteiger partial charge >= 0.3 is 5.97 Å². The van der Waals surface area contributed by atoms with Crippen molar-refractivity contribution < 1.29 is 9.90 Å². The Morgan fingerprint density at radius 1 is 1.53 bits per heavy atom. The summed E-state index contributed by atoms with van der Waals surface area (Å²) in [6.45, 7) is 4.06. The quantitative estimate of drug-likeness (QED) is 0.767. The van der Waals surface area contributed by atoms with Crippen LogP contribution in [0.15, 0.2) is 17.0 Å². The third-order valence-electron chi connectivity index (χ3n) is 2.47. The molecule has 0 spiro atoms. The number of rotatable bonds is 1. The zero-order chi connectivity index (χ0) is 11.0. The molecule has 1 heterocycles. The highest BCUT2D eigenvalue weighted by Gasteiger charge is 2.24. The fourth-order valence-corrected chi connectivity index (χ4v) is 2.96. The second kappa shape index (κ2) is 3.77. The van der Waals surface area contributed by atoms with Crippen LogP contribution in [0.4, 0.5) is 5.69 Å². The fourth-order valence-electron chi connectivity index (χ4n) is 1.75. The van der Waals surface area contributed by atoms with Gasteiger partial charge in [0.1, 0.15) is 6.04 Å². The fraction of sp³-hybridized carbons (Fsp3) is 0.364. The molecule has 4 heteroatoms. The van der Waals surface area contributed by atoms with Crippen molar-refractivity contribution in [2.75, 3.05) is 11.1 Å². The molecule has 0 saturated heterocycles. The average Bonchev–Trinajstić information content (AvgIpc) is 2.16. The maximum atomic E-state index is 10.9. The van der Waals surface area contributed by atoms with Gasteiger partial charge in [-0.25, -0.2) is 4.79 Å². The molecule has 0 aliphatic carbocycles. The minimum atomic E-state index is -0.784. The number of nitrogens with one attached hydrogen (secondary N) is 1. The van der Waals surface area contributed by atoms with Crippen molar-refractivity contribution in [3.63, 3.8) is 0 Å². The highest BCUT2D eigenvalue weighted by Crippen LogP contribution is 2.36. The van der Waals surface area contributed by atoms with Crippen LogP contribution >= 0.6 is 11.8 Å². The average molecular weight is 223 g/mol. The lowest BCUT2D eigenvalue weighted by atomic mass is 10.1. The van der Waals surface area contributed by atoms with E-state index in [1.54, 1.807) is 11.8 Å². The van der Waals surface area contributed by atoms with E-state index >= 15 is 0 Å². The van der Waals surface area contributed by atoms with Crippen LogP contribution in [0.25, 0.3) is 0 Å². The van der Waals surface area contributed by atoms with Crippen molar-refractivity contribution in [2.24, 2.45) is 0 Å². The summed E-state index contributed by atoms with van der Waals surface area (Å²) < 4.78 is 0. The van der Waals surface area contributed by atoms with Crippen molar-refractivity contribution in [2.45, 2.75) is 24.8 Å². The van der Waals surface area contributed by atoms with Crippen LogP contribution < -0.4 is 5.32 Å². The normalized spacial score (nSPS) is 19.2. The zero-order valence-electron chi connectivity index (χ0n) is 8.70. The molecule has 0 fully saturated rings. The van der Waals surface area contributed by atoms with Gasteiger partial charge in [0.05, 0.1) is 5.69 Å². The maximum Gasteiger partial charge on any atom is 0.326 e. The Morgan fingerprint density at radius 2 is 2.27 bits per heavy atom. The smallest absolute Gasteiger partial charge is 0.326 e. The molecular formula is C11H13NO2S. The molecule has 0 bridgehead atoms. The molecule has 0 saturated carbocycles. The lowest BCUT2D eigenvalue weighted by Gasteiger charge is -2.25. The molecule has 1 unspecified atom stereocenters. The third-order valence-corrected chi connectivity index (χ3v) is 3.60. The van der Waals surface area contributed by atoms with E-state index in [0.29, 0.717) is 5.75 Å². The molecule has 1 atom stereocenters. The van der Waals surface area contributed by atoms with Crippen LogP contribution in [0.1, 0.15) is 11.1 Å². The predicted octanol–water partition coefficient (Wildman–Crippen LogP) is 2.27. The summed E-state index contributed by atoms with van der Waals surface area (Å²) in [5.74, 6) is -0.196. The van der Waals surface area contributed by atoms with Crippen LogP contribution in [0, 0.1) is 13.8 Å². The summed E-state index contributed by atoms with van der Waals surface area (Å²) in [6, 6.07) is 3.69. The molecule has 1 aliphatic rings. The number of benzene rings is 1. The van der Waals surface area contributed by atoms with Gasteiger partial charge in [-0.2, -0.15) is 0 Å². The number of aryl methyl sites for hydroxylation is 2. The van der Waals surface area contributed by atoms with Gasteiger partial charge in [-0.3, -0.25) is 0 Å². The molecule has 3 nitrogen and oxygen atoms in total. The number of fused-ring (bicyclic) bond motifs is 1. The van der Waals surface area contributed by atoms with E-state index in [0.717, 1.165) is 16.1 Å². The molecule has 0 amide bonds. The van der Waals surface area contributed by atoms with Crippen LogP contribution in [-0.2, 0) is 4.79 Å². The second-order valence-corrected chi connectivity index (χ2v) is 4.86. The Bertz CT molecular complexity index is 417. The number of carboxylic acid groups (broad SMARTS) is 1. The summed E-state index contributed by atoms with van der Waals surface area (Å²) in [5.41, 5.74) is 3.31. The van der Waals surface area contributed by atoms with Crippen molar-refractivity contribution in [3.8, 4) is 0 Å². The van der Waals surface area contributed by atoms with Crippen molar-refractivity contribution in [1.29, 1.82) is 0 Å². The van der Waals surface area contributed by atoms with Crippen molar-refractivity contribution in [1.82, 2.24) is 0 Å². The van der Waals surface area contributed by atoms with E-state index in [1.807, 2.05) is 6.92 Å². The highest BCUT2D eigenvalue weighted by atomic mass is 32.2. The van der Waals surface area contributed by atoms with Gasteiger partial charge in [0.2, 0.25) is 0 Å². The first kappa shape index (κ1) is 10.4. The summed E-state index contributed by atoms with van der Waals surface area (Å²) in [6.07, 6.45) is 0. The number of anilines is 1. The minimum Gasteiger partial charge on any atom is -0.480 e. The number of hydrogen-bond donors (Lipinski definition) is 2. The second-order valence-electron chi connectivity index (χ2n) is 3.80. The Kier molecular flexibility index (Phi) is 2.61. The Hall–Kier alpha value is -1.16. The van der Waals surface area contributed by atoms with E-state index in [-0.39, 0.29) is 0 Å². The van der Waals surface area contributed by atoms with Crippen LogP contribution in [0.5, 0.6) is 0 Å². The highest BCUT2D eigenvalue weighted by molar-refractivity contribution is 7.99. The van der Waals surface area contributed by atoms with E-state index in [1.165, 1.54) is 5.56 Å². The van der Waals surface area contributed by atoms with Gasteiger partial charge in [0.15, 0.2) is 0 Å². The third kappa shape index (κ3) is 1.95. The molecular weight excluding hydrogens is 210 g/mol. The molecule has 2 rings (SSSR count). The molecule has 1 aromatic carbocycles. The number of aliphatic carboxylic acids is 1. The lowest BCUT2D eigenvalue weighted by Crippen LogP contribution is -2.34. The van der Waals surface area contributed by atoms with Gasteiger partial charge in [-0.15, -0.1) is 11.8 Å². The van der Waals surface area contributed by atoms with E-state index in [9.17, 15) is 4.79 Å². The number of carboxylic acids is 1. The van der Waals surface area contributed by atoms with Crippen LogP contribution in [0.2, 0.25) is 0 Å². The molecule has 15 heavy (non-hydrogen) atoms. The van der Waals surface area contributed by atoms with E-state index in [2.05, 4.69) is 24.4 Å². The van der Waals surface area contributed by atoms with Crippen molar-refractivity contribution >= 4 is 23.4 Å². The standard InChI is InChI=1S/C11H13NO2S/c1-6-3-7(2)10-9(4-6)15-5-8(12-10)11(13)14/h3-4,8,12H,5H2,1-2H3,(H,13,14). The van der Waals surface area contributed by atoms with Crippen LogP contribution in [-0.4, -0.2) is 22.9 Å². The molecule has 1 aliphatic heterocycles. The first-order valence-electron chi connectivity index (χ1n) is 4.81. The summed E-state index contributed by atoms with van der Waals surface area (Å²) in [5, 5.41) is 12.0. The van der Waals surface area contributed by atoms with E-state index in [4.69, 9.17) is 5.11 Å². The predicted molar refractivity (Wildman–Crippen MR) is 61.7 cm³/mol. The monoisotopic (exact) mass is 223 g/mol. The van der Waals surface area contributed by atoms with Gasteiger partial charge < -0.3 is 10.4 Å². The zero-order valence-corrected chi connectivity index (χ0v) is 9.52. The minimum absolute atomic E-state index is 0.469. The molecule has 80 valence electrons. The SMILES string of the molecule is Cc1cc(C)c2c(c1)SCC(C(=O)O)N2. The maximum absolute atomic E-state index is 10.9. The van der Waals surface area contributed by atoms with Gasteiger partial charge in [-0.05, 0) is 31.0 Å². The largest absolute Gasteiger partial charge is 0.480 e. The summed E-state index contributed by atoms with van der Waals surface area (Å²) in [7, 11) is 0. The number of carbonyl (C=O) groups is 1. The first-order valence-corrected chi connectivity index (χ1v) is 5.80. The first-order chi connectivity index (χ1) is 7.08. The summed E-state index contributed by atoms with van der Waals surface area (Å²) >= 11 is 1.61. The Labute approximate surface area is 92.9 Å². The Balaban J connectivity index is 2.37. The topological polar surface area (TPSA) is 49.3 Å². The lowest BCUT2D eigenvalue weighted by molar-refractivity contribution is -0.137. The number of hydrogen-bond acceptors (Lipinski definition) is 3. The van der Waals surface area contributed by atoms with Gasteiger partial charge in [0, 0.05) is 10.6 Å². The van der Waals surface area contributed by atoms with E-state index < -0.39 is 12.0 Å². The molecule has 2 N–H and O–H groups in total. The van der Waals surface area contributed by atoms with Crippen LogP contribution in [0.3, 0.4) is 0 Å². The summed E-state index contributed by atoms with van der Waals surface area (Å²) in [4.78, 5) is 12.0. The molecule has 0 radical (unpaired) electrons. The number of thioether (sulfide) groups is 1. The Morgan fingerprint density at radius 3 is 2.93 bits per heavy atom. The van der Waals surface area contributed by atoms with Gasteiger partial charge in [-0.1, -0.05) is 6.07 Å². The molecule has 1 aromatic rings.